The van der Waals surface area contributed by atoms with Crippen molar-refractivity contribution in [2.24, 2.45) is 5.92 Å². The Morgan fingerprint density at radius 3 is 2.36 bits per heavy atom. The Hall–Kier alpha value is -2.21. The second kappa shape index (κ2) is 7.17. The molecular weight excluding hydrogens is 286 g/mol. The Kier molecular flexibility index (Phi) is 5.27. The highest BCUT2D eigenvalue weighted by atomic mass is 16.5. The van der Waals surface area contributed by atoms with Gasteiger partial charge in [-0.15, -0.1) is 0 Å². The number of carbonyl (C=O) groups is 3. The van der Waals surface area contributed by atoms with Crippen LogP contribution in [0.15, 0.2) is 30.3 Å². The SMILES string of the molecule is COC(=O)[C@@H]1C(=O)CCN(Cc2ccccc2)[C@@H]1C(=O)OC. The quantitative estimate of drug-likeness (QED) is 0.605. The molecule has 0 aliphatic carbocycles. The van der Waals surface area contributed by atoms with E-state index < -0.39 is 23.9 Å². The molecule has 1 fully saturated rings. The first-order valence-electron chi connectivity index (χ1n) is 7.04. The number of carbonyl (C=O) groups excluding carboxylic acids is 3. The lowest BCUT2D eigenvalue weighted by Gasteiger charge is -2.37. The molecule has 0 bridgehead atoms. The number of Topliss-reactive ketones (excluding diaryl/α,β-unsaturated/α-hetero) is 1. The lowest BCUT2D eigenvalue weighted by Crippen LogP contribution is -2.56. The van der Waals surface area contributed by atoms with E-state index in [4.69, 9.17) is 4.74 Å². The average molecular weight is 305 g/mol. The molecule has 118 valence electrons. The molecule has 0 saturated carbocycles. The average Bonchev–Trinajstić information content (AvgIpc) is 2.55. The van der Waals surface area contributed by atoms with Gasteiger partial charge in [-0.1, -0.05) is 30.3 Å². The van der Waals surface area contributed by atoms with Crippen molar-refractivity contribution in [2.75, 3.05) is 20.8 Å². The molecule has 6 heteroatoms. The highest BCUT2D eigenvalue weighted by molar-refractivity contribution is 6.04. The zero-order valence-corrected chi connectivity index (χ0v) is 12.7. The number of methoxy groups -OCH3 is 2. The molecule has 2 atom stereocenters. The van der Waals surface area contributed by atoms with E-state index in [2.05, 4.69) is 4.74 Å². The van der Waals surface area contributed by atoms with Gasteiger partial charge in [-0.2, -0.15) is 0 Å². The van der Waals surface area contributed by atoms with Crippen molar-refractivity contribution in [3.05, 3.63) is 35.9 Å². The first-order chi connectivity index (χ1) is 10.6. The third kappa shape index (κ3) is 3.33. The molecule has 1 aliphatic rings. The number of hydrogen-bond acceptors (Lipinski definition) is 6. The van der Waals surface area contributed by atoms with E-state index in [0.717, 1.165) is 5.56 Å². The van der Waals surface area contributed by atoms with Crippen LogP contribution in [0, 0.1) is 5.92 Å². The van der Waals surface area contributed by atoms with Crippen LogP contribution < -0.4 is 0 Å². The maximum Gasteiger partial charge on any atom is 0.324 e. The van der Waals surface area contributed by atoms with Crippen LogP contribution in [0.2, 0.25) is 0 Å². The van der Waals surface area contributed by atoms with E-state index >= 15 is 0 Å². The van der Waals surface area contributed by atoms with Gasteiger partial charge in [-0.3, -0.25) is 19.3 Å². The molecule has 0 radical (unpaired) electrons. The van der Waals surface area contributed by atoms with Crippen LogP contribution in [-0.4, -0.2) is 49.4 Å². The summed E-state index contributed by atoms with van der Waals surface area (Å²) in [6.07, 6.45) is 0.208. The molecule has 0 unspecified atom stereocenters. The molecule has 0 spiro atoms. The summed E-state index contributed by atoms with van der Waals surface area (Å²) in [6, 6.07) is 8.61. The van der Waals surface area contributed by atoms with Crippen molar-refractivity contribution >= 4 is 17.7 Å². The van der Waals surface area contributed by atoms with Crippen molar-refractivity contribution in [3.8, 4) is 0 Å². The number of ether oxygens (including phenoxy) is 2. The Bertz CT molecular complexity index is 549. The Morgan fingerprint density at radius 1 is 1.14 bits per heavy atom. The molecule has 1 aromatic rings. The number of benzene rings is 1. The third-order valence-corrected chi connectivity index (χ3v) is 3.83. The van der Waals surface area contributed by atoms with Crippen LogP contribution in [0.1, 0.15) is 12.0 Å². The molecule has 22 heavy (non-hydrogen) atoms. The zero-order valence-electron chi connectivity index (χ0n) is 12.7. The minimum atomic E-state index is -1.13. The predicted molar refractivity (Wildman–Crippen MR) is 77.8 cm³/mol. The zero-order chi connectivity index (χ0) is 16.1. The fourth-order valence-electron chi connectivity index (χ4n) is 2.72. The summed E-state index contributed by atoms with van der Waals surface area (Å²) in [5, 5.41) is 0. The van der Waals surface area contributed by atoms with Crippen molar-refractivity contribution in [3.63, 3.8) is 0 Å². The van der Waals surface area contributed by atoms with Gasteiger partial charge in [0, 0.05) is 19.5 Å². The number of esters is 2. The first kappa shape index (κ1) is 16.2. The van der Waals surface area contributed by atoms with Gasteiger partial charge in [0.25, 0.3) is 0 Å². The highest BCUT2D eigenvalue weighted by Crippen LogP contribution is 2.25. The summed E-state index contributed by atoms with van der Waals surface area (Å²) in [4.78, 5) is 37.9. The third-order valence-electron chi connectivity index (χ3n) is 3.83. The number of rotatable bonds is 4. The highest BCUT2D eigenvalue weighted by Gasteiger charge is 2.47. The van der Waals surface area contributed by atoms with Crippen LogP contribution in [0.25, 0.3) is 0 Å². The topological polar surface area (TPSA) is 72.9 Å². The van der Waals surface area contributed by atoms with Gasteiger partial charge >= 0.3 is 11.9 Å². The fraction of sp³-hybridized carbons (Fsp3) is 0.438. The fourth-order valence-corrected chi connectivity index (χ4v) is 2.72. The molecule has 0 aromatic heterocycles. The Morgan fingerprint density at radius 2 is 1.77 bits per heavy atom. The maximum absolute atomic E-state index is 12.1. The van der Waals surface area contributed by atoms with Crippen LogP contribution in [-0.2, 0) is 30.4 Å². The lowest BCUT2D eigenvalue weighted by atomic mass is 9.87. The molecule has 1 aliphatic heterocycles. The van der Waals surface area contributed by atoms with Gasteiger partial charge in [0.05, 0.1) is 14.2 Å². The van der Waals surface area contributed by atoms with Crippen molar-refractivity contribution in [1.29, 1.82) is 0 Å². The van der Waals surface area contributed by atoms with E-state index in [-0.39, 0.29) is 12.2 Å². The summed E-state index contributed by atoms with van der Waals surface area (Å²) in [6.45, 7) is 0.863. The van der Waals surface area contributed by atoms with Gasteiger partial charge < -0.3 is 9.47 Å². The predicted octanol–water partition coefficient (Wildman–Crippen LogP) is 0.792. The van der Waals surface area contributed by atoms with Crippen molar-refractivity contribution in [2.45, 2.75) is 19.0 Å². The summed E-state index contributed by atoms with van der Waals surface area (Å²) < 4.78 is 9.48. The van der Waals surface area contributed by atoms with E-state index in [9.17, 15) is 14.4 Å². The summed E-state index contributed by atoms with van der Waals surface area (Å²) in [7, 11) is 2.45. The first-order valence-corrected chi connectivity index (χ1v) is 7.04. The number of ketones is 1. The molecule has 1 saturated heterocycles. The molecule has 2 rings (SSSR count). The smallest absolute Gasteiger partial charge is 0.324 e. The number of nitrogens with zero attached hydrogens (tertiary/aromatic N) is 1. The molecule has 0 N–H and O–H groups in total. The monoisotopic (exact) mass is 305 g/mol. The van der Waals surface area contributed by atoms with Gasteiger partial charge in [0.2, 0.25) is 0 Å². The van der Waals surface area contributed by atoms with Crippen LogP contribution >= 0.6 is 0 Å². The number of likely N-dealkylation sites (tertiary alicyclic amines) is 1. The molecule has 0 amide bonds. The molecular formula is C16H19NO5. The summed E-state index contributed by atoms with van der Waals surface area (Å²) in [5.74, 6) is -2.71. The molecule has 1 heterocycles. The van der Waals surface area contributed by atoms with Gasteiger partial charge in [-0.05, 0) is 5.56 Å². The van der Waals surface area contributed by atoms with Gasteiger partial charge in [0.15, 0.2) is 5.78 Å². The summed E-state index contributed by atoms with van der Waals surface area (Å²) in [5.41, 5.74) is 0.995. The van der Waals surface area contributed by atoms with Crippen molar-refractivity contribution < 1.29 is 23.9 Å². The van der Waals surface area contributed by atoms with Gasteiger partial charge in [0.1, 0.15) is 12.0 Å². The normalized spacial score (nSPS) is 22.2. The number of hydrogen-bond donors (Lipinski definition) is 0. The lowest BCUT2D eigenvalue weighted by molar-refractivity contribution is -0.166. The second-order valence-corrected chi connectivity index (χ2v) is 5.14. The van der Waals surface area contributed by atoms with E-state index in [0.29, 0.717) is 13.1 Å². The molecule has 6 nitrogen and oxygen atoms in total. The standard InChI is InChI=1S/C16H19NO5/c1-21-15(19)13-12(18)8-9-17(14(13)16(20)22-2)10-11-6-4-3-5-7-11/h3-7,13-14H,8-10H2,1-2H3/t13-,14+/m1/s1. The minimum Gasteiger partial charge on any atom is -0.468 e. The molecule has 1 aromatic carbocycles. The van der Waals surface area contributed by atoms with Gasteiger partial charge in [-0.25, -0.2) is 0 Å². The van der Waals surface area contributed by atoms with E-state index in [1.54, 1.807) is 4.90 Å². The summed E-state index contributed by atoms with van der Waals surface area (Å²) >= 11 is 0. The second-order valence-electron chi connectivity index (χ2n) is 5.14. The van der Waals surface area contributed by atoms with Crippen molar-refractivity contribution in [1.82, 2.24) is 4.90 Å². The maximum atomic E-state index is 12.1. The Labute approximate surface area is 129 Å². The largest absolute Gasteiger partial charge is 0.468 e. The Balaban J connectivity index is 2.29. The van der Waals surface area contributed by atoms with Crippen LogP contribution in [0.5, 0.6) is 0 Å². The van der Waals surface area contributed by atoms with E-state index in [1.807, 2.05) is 30.3 Å². The van der Waals surface area contributed by atoms with E-state index in [1.165, 1.54) is 14.2 Å². The van der Waals surface area contributed by atoms with Crippen LogP contribution in [0.4, 0.5) is 0 Å². The van der Waals surface area contributed by atoms with Crippen LogP contribution in [0.3, 0.4) is 0 Å². The number of piperidine rings is 1. The minimum absolute atomic E-state index is 0.208.